The maximum atomic E-state index is 12.4. The van der Waals surface area contributed by atoms with Crippen LogP contribution in [0.2, 0.25) is 0 Å². The van der Waals surface area contributed by atoms with Crippen molar-refractivity contribution in [1.29, 1.82) is 0 Å². The molecule has 2 rings (SSSR count). The average Bonchev–Trinajstić information content (AvgIpc) is 3.20. The maximum absolute atomic E-state index is 12.4. The summed E-state index contributed by atoms with van der Waals surface area (Å²) in [6.45, 7) is 6.37. The van der Waals surface area contributed by atoms with Gasteiger partial charge in [0.05, 0.1) is 13.2 Å². The van der Waals surface area contributed by atoms with Gasteiger partial charge in [-0.15, -0.1) is 0 Å². The van der Waals surface area contributed by atoms with Crippen LogP contribution in [0.25, 0.3) is 0 Å². The fraction of sp³-hybridized carbons (Fsp3) is 0.846. The minimum atomic E-state index is -0.392. The SMILES string of the molecule is CC(C)[C@@H](NC(=O)C1CC1)C(=O)N1CCOCC1. The van der Waals surface area contributed by atoms with E-state index in [-0.39, 0.29) is 23.7 Å². The van der Waals surface area contributed by atoms with Crippen LogP contribution >= 0.6 is 0 Å². The van der Waals surface area contributed by atoms with Crippen LogP contribution < -0.4 is 5.32 Å². The number of hydrogen-bond acceptors (Lipinski definition) is 3. The van der Waals surface area contributed by atoms with Crippen LogP contribution in [-0.2, 0) is 14.3 Å². The molecule has 0 unspecified atom stereocenters. The molecule has 102 valence electrons. The molecule has 0 radical (unpaired) electrons. The summed E-state index contributed by atoms with van der Waals surface area (Å²) in [6.07, 6.45) is 1.92. The Morgan fingerprint density at radius 3 is 2.33 bits per heavy atom. The molecule has 18 heavy (non-hydrogen) atoms. The van der Waals surface area contributed by atoms with Crippen molar-refractivity contribution in [2.24, 2.45) is 11.8 Å². The van der Waals surface area contributed by atoms with E-state index in [0.29, 0.717) is 26.3 Å². The zero-order valence-electron chi connectivity index (χ0n) is 11.1. The van der Waals surface area contributed by atoms with Crippen molar-refractivity contribution in [2.75, 3.05) is 26.3 Å². The third-order valence-electron chi connectivity index (χ3n) is 3.50. The lowest BCUT2D eigenvalue weighted by Crippen LogP contribution is -2.54. The summed E-state index contributed by atoms with van der Waals surface area (Å²) in [6, 6.07) is -0.392. The minimum Gasteiger partial charge on any atom is -0.378 e. The summed E-state index contributed by atoms with van der Waals surface area (Å²) in [5.41, 5.74) is 0. The normalized spacial score (nSPS) is 21.8. The van der Waals surface area contributed by atoms with E-state index >= 15 is 0 Å². The third kappa shape index (κ3) is 3.22. The molecule has 5 heteroatoms. The first-order valence-electron chi connectivity index (χ1n) is 6.76. The largest absolute Gasteiger partial charge is 0.378 e. The lowest BCUT2D eigenvalue weighted by molar-refractivity contribution is -0.141. The van der Waals surface area contributed by atoms with Crippen LogP contribution in [0.3, 0.4) is 0 Å². The van der Waals surface area contributed by atoms with Crippen LogP contribution in [0.5, 0.6) is 0 Å². The molecule has 2 fully saturated rings. The van der Waals surface area contributed by atoms with Crippen LogP contribution in [0.1, 0.15) is 26.7 Å². The summed E-state index contributed by atoms with van der Waals surface area (Å²) in [7, 11) is 0. The van der Waals surface area contributed by atoms with E-state index in [1.807, 2.05) is 13.8 Å². The van der Waals surface area contributed by atoms with Gasteiger partial charge in [-0.3, -0.25) is 9.59 Å². The van der Waals surface area contributed by atoms with Gasteiger partial charge in [0.1, 0.15) is 6.04 Å². The number of rotatable bonds is 4. The molecular formula is C13H22N2O3. The van der Waals surface area contributed by atoms with Gasteiger partial charge in [-0.05, 0) is 18.8 Å². The Bertz CT molecular complexity index is 320. The number of ether oxygens (including phenoxy) is 1. The Labute approximate surface area is 108 Å². The lowest BCUT2D eigenvalue weighted by Gasteiger charge is -2.32. The highest BCUT2D eigenvalue weighted by Crippen LogP contribution is 2.29. The van der Waals surface area contributed by atoms with Crippen molar-refractivity contribution < 1.29 is 14.3 Å². The van der Waals surface area contributed by atoms with Gasteiger partial charge in [-0.25, -0.2) is 0 Å². The van der Waals surface area contributed by atoms with Crippen LogP contribution in [0.4, 0.5) is 0 Å². The van der Waals surface area contributed by atoms with Crippen molar-refractivity contribution in [1.82, 2.24) is 10.2 Å². The topological polar surface area (TPSA) is 58.6 Å². The molecular weight excluding hydrogens is 232 g/mol. The molecule has 0 bridgehead atoms. The Balaban J connectivity index is 1.94. The van der Waals surface area contributed by atoms with Crippen LogP contribution in [-0.4, -0.2) is 49.1 Å². The Kier molecular flexibility index (Phi) is 4.22. The molecule has 1 heterocycles. The molecule has 1 saturated heterocycles. The van der Waals surface area contributed by atoms with E-state index in [9.17, 15) is 9.59 Å². The smallest absolute Gasteiger partial charge is 0.245 e. The molecule has 1 saturated carbocycles. The summed E-state index contributed by atoms with van der Waals surface area (Å²) in [5, 5.41) is 2.90. The van der Waals surface area contributed by atoms with E-state index in [2.05, 4.69) is 5.32 Å². The summed E-state index contributed by atoms with van der Waals surface area (Å²) in [5.74, 6) is 0.324. The second-order valence-electron chi connectivity index (χ2n) is 5.44. The predicted octanol–water partition coefficient (Wildman–Crippen LogP) is 0.396. The summed E-state index contributed by atoms with van der Waals surface area (Å²) < 4.78 is 5.24. The van der Waals surface area contributed by atoms with Crippen molar-refractivity contribution >= 4 is 11.8 Å². The molecule has 0 aromatic carbocycles. The van der Waals surface area contributed by atoms with Gasteiger partial charge in [0.2, 0.25) is 11.8 Å². The highest BCUT2D eigenvalue weighted by Gasteiger charge is 2.35. The highest BCUT2D eigenvalue weighted by atomic mass is 16.5. The monoisotopic (exact) mass is 254 g/mol. The van der Waals surface area contributed by atoms with Crippen LogP contribution in [0.15, 0.2) is 0 Å². The van der Waals surface area contributed by atoms with Crippen molar-refractivity contribution in [2.45, 2.75) is 32.7 Å². The molecule has 2 aliphatic rings. The van der Waals surface area contributed by atoms with Gasteiger partial charge in [-0.1, -0.05) is 13.8 Å². The second-order valence-corrected chi connectivity index (χ2v) is 5.44. The van der Waals surface area contributed by atoms with Gasteiger partial charge >= 0.3 is 0 Å². The van der Waals surface area contributed by atoms with Crippen molar-refractivity contribution in [3.63, 3.8) is 0 Å². The Morgan fingerprint density at radius 2 is 1.83 bits per heavy atom. The fourth-order valence-electron chi connectivity index (χ4n) is 2.11. The van der Waals surface area contributed by atoms with Gasteiger partial charge in [0.25, 0.3) is 0 Å². The lowest BCUT2D eigenvalue weighted by atomic mass is 10.0. The average molecular weight is 254 g/mol. The standard InChI is InChI=1S/C13H22N2O3/c1-9(2)11(14-12(16)10-3-4-10)13(17)15-5-7-18-8-6-15/h9-11H,3-8H2,1-2H3,(H,14,16)/t11-/m1/s1. The second kappa shape index (κ2) is 5.69. The van der Waals surface area contributed by atoms with E-state index in [0.717, 1.165) is 12.8 Å². The first-order chi connectivity index (χ1) is 8.59. The van der Waals surface area contributed by atoms with Crippen molar-refractivity contribution in [3.8, 4) is 0 Å². The van der Waals surface area contributed by atoms with E-state index in [1.54, 1.807) is 4.90 Å². The first-order valence-corrected chi connectivity index (χ1v) is 6.76. The predicted molar refractivity (Wildman–Crippen MR) is 66.9 cm³/mol. The number of amides is 2. The maximum Gasteiger partial charge on any atom is 0.245 e. The van der Waals surface area contributed by atoms with E-state index in [1.165, 1.54) is 0 Å². The number of morpholine rings is 1. The van der Waals surface area contributed by atoms with E-state index < -0.39 is 6.04 Å². The molecule has 1 aliphatic carbocycles. The third-order valence-corrected chi connectivity index (χ3v) is 3.50. The van der Waals surface area contributed by atoms with Gasteiger partial charge in [-0.2, -0.15) is 0 Å². The number of carbonyl (C=O) groups is 2. The number of nitrogens with one attached hydrogen (secondary N) is 1. The molecule has 0 aromatic heterocycles. The highest BCUT2D eigenvalue weighted by molar-refractivity contribution is 5.89. The number of carbonyl (C=O) groups excluding carboxylic acids is 2. The quantitative estimate of drug-likeness (QED) is 0.790. The zero-order chi connectivity index (χ0) is 13.1. The van der Waals surface area contributed by atoms with Crippen LogP contribution in [0, 0.1) is 11.8 Å². The molecule has 1 N–H and O–H groups in total. The number of hydrogen-bond donors (Lipinski definition) is 1. The molecule has 1 atom stereocenters. The Morgan fingerprint density at radius 1 is 1.22 bits per heavy atom. The van der Waals surface area contributed by atoms with E-state index in [4.69, 9.17) is 4.74 Å². The first kappa shape index (κ1) is 13.3. The zero-order valence-corrected chi connectivity index (χ0v) is 11.1. The number of nitrogens with zero attached hydrogens (tertiary/aromatic N) is 1. The fourth-order valence-corrected chi connectivity index (χ4v) is 2.11. The molecule has 5 nitrogen and oxygen atoms in total. The molecule has 0 aromatic rings. The summed E-state index contributed by atoms with van der Waals surface area (Å²) in [4.78, 5) is 26.0. The van der Waals surface area contributed by atoms with Gasteiger partial charge < -0.3 is 15.0 Å². The van der Waals surface area contributed by atoms with Gasteiger partial charge in [0, 0.05) is 19.0 Å². The molecule has 2 amide bonds. The Hall–Kier alpha value is -1.10. The molecule has 0 spiro atoms. The van der Waals surface area contributed by atoms with Gasteiger partial charge in [0.15, 0.2) is 0 Å². The van der Waals surface area contributed by atoms with Crippen molar-refractivity contribution in [3.05, 3.63) is 0 Å². The minimum absolute atomic E-state index is 0.0299. The molecule has 1 aliphatic heterocycles. The summed E-state index contributed by atoms with van der Waals surface area (Å²) >= 11 is 0.